The van der Waals surface area contributed by atoms with Crippen LogP contribution in [0.4, 0.5) is 0 Å². The number of thiocarbonyl (C=S) groups is 1. The van der Waals surface area contributed by atoms with Crippen LogP contribution in [0, 0.1) is 11.3 Å². The molecule has 1 aromatic rings. The van der Waals surface area contributed by atoms with Crippen LogP contribution in [0.1, 0.15) is 5.56 Å². The third-order valence-corrected chi connectivity index (χ3v) is 2.50. The Balaban J connectivity index is 2.65. The van der Waals surface area contributed by atoms with Gasteiger partial charge in [0.25, 0.3) is 0 Å². The highest BCUT2D eigenvalue weighted by atomic mass is 32.1. The number of hydrogen-bond donors (Lipinski definition) is 2. The fourth-order valence-corrected chi connectivity index (χ4v) is 1.50. The number of ether oxygens (including phenoxy) is 2. The number of hydrazone groups is 1. The van der Waals surface area contributed by atoms with Crippen molar-refractivity contribution in [2.45, 2.75) is 0 Å². The van der Waals surface area contributed by atoms with Gasteiger partial charge < -0.3 is 14.8 Å². The van der Waals surface area contributed by atoms with Crippen molar-refractivity contribution in [3.8, 4) is 17.6 Å². The van der Waals surface area contributed by atoms with E-state index in [4.69, 9.17) is 27.0 Å². The van der Waals surface area contributed by atoms with Crippen LogP contribution < -0.4 is 20.2 Å². The van der Waals surface area contributed by atoms with Gasteiger partial charge in [-0.2, -0.15) is 10.4 Å². The number of methoxy groups -OCH3 is 1. The quantitative estimate of drug-likeness (QED) is 0.345. The van der Waals surface area contributed by atoms with Crippen LogP contribution in [0.25, 0.3) is 0 Å². The number of nitriles is 1. The molecule has 7 heteroatoms. The molecule has 0 aliphatic rings. The number of rotatable bonds is 7. The molecule has 2 N–H and O–H groups in total. The molecule has 0 saturated heterocycles. The van der Waals surface area contributed by atoms with Crippen LogP contribution in [0.3, 0.4) is 0 Å². The second-order valence-electron chi connectivity index (χ2n) is 3.73. The van der Waals surface area contributed by atoms with E-state index in [1.165, 1.54) is 7.11 Å². The van der Waals surface area contributed by atoms with Crippen LogP contribution in [-0.4, -0.2) is 31.6 Å². The number of benzene rings is 1. The molecule has 0 fully saturated rings. The van der Waals surface area contributed by atoms with E-state index in [1.54, 1.807) is 30.5 Å². The molecule has 0 aromatic heterocycles. The normalized spacial score (nSPS) is 9.71. The highest BCUT2D eigenvalue weighted by molar-refractivity contribution is 7.80. The first kappa shape index (κ1) is 16.5. The lowest BCUT2D eigenvalue weighted by Crippen LogP contribution is -2.31. The van der Waals surface area contributed by atoms with E-state index in [0.29, 0.717) is 23.2 Å². The number of nitrogens with one attached hydrogen (secondary N) is 2. The molecule has 0 radical (unpaired) electrons. The van der Waals surface area contributed by atoms with Crippen molar-refractivity contribution in [2.75, 3.05) is 20.3 Å². The molecule has 0 saturated carbocycles. The summed E-state index contributed by atoms with van der Waals surface area (Å²) in [5.74, 6) is 1.04. The minimum absolute atomic E-state index is 0.0331. The minimum Gasteiger partial charge on any atom is -0.493 e. The van der Waals surface area contributed by atoms with Crippen molar-refractivity contribution < 1.29 is 9.47 Å². The summed E-state index contributed by atoms with van der Waals surface area (Å²) >= 11 is 4.99. The van der Waals surface area contributed by atoms with Gasteiger partial charge in [0.05, 0.1) is 13.3 Å². The molecule has 21 heavy (non-hydrogen) atoms. The van der Waals surface area contributed by atoms with Gasteiger partial charge in [-0.25, -0.2) is 0 Å². The van der Waals surface area contributed by atoms with Crippen molar-refractivity contribution in [2.24, 2.45) is 5.10 Å². The smallest absolute Gasteiger partial charge is 0.187 e. The van der Waals surface area contributed by atoms with Crippen LogP contribution in [0.15, 0.2) is 36.0 Å². The summed E-state index contributed by atoms with van der Waals surface area (Å²) in [5.41, 5.74) is 3.48. The van der Waals surface area contributed by atoms with E-state index in [1.807, 2.05) is 6.07 Å². The summed E-state index contributed by atoms with van der Waals surface area (Å²) in [7, 11) is 1.53. The predicted octanol–water partition coefficient (Wildman–Crippen LogP) is 1.58. The van der Waals surface area contributed by atoms with Gasteiger partial charge in [0.2, 0.25) is 0 Å². The van der Waals surface area contributed by atoms with E-state index in [0.717, 1.165) is 5.56 Å². The molecule has 0 aliphatic carbocycles. The Morgan fingerprint density at radius 3 is 3.00 bits per heavy atom. The van der Waals surface area contributed by atoms with Gasteiger partial charge in [0, 0.05) is 6.54 Å². The lowest BCUT2D eigenvalue weighted by molar-refractivity contribution is 0.329. The number of nitrogens with zero attached hydrogens (tertiary/aromatic N) is 2. The van der Waals surface area contributed by atoms with Crippen molar-refractivity contribution in [3.63, 3.8) is 0 Å². The monoisotopic (exact) mass is 304 g/mol. The second kappa shape index (κ2) is 9.34. The van der Waals surface area contributed by atoms with Crippen LogP contribution in [0.2, 0.25) is 0 Å². The first-order valence-corrected chi connectivity index (χ1v) is 6.47. The fourth-order valence-electron chi connectivity index (χ4n) is 1.36. The summed E-state index contributed by atoms with van der Waals surface area (Å²) in [6.07, 6.45) is 3.29. The van der Waals surface area contributed by atoms with Gasteiger partial charge >= 0.3 is 0 Å². The summed E-state index contributed by atoms with van der Waals surface area (Å²) in [4.78, 5) is 0. The largest absolute Gasteiger partial charge is 0.493 e. The maximum Gasteiger partial charge on any atom is 0.187 e. The summed E-state index contributed by atoms with van der Waals surface area (Å²) < 4.78 is 10.4. The van der Waals surface area contributed by atoms with E-state index in [-0.39, 0.29) is 6.61 Å². The summed E-state index contributed by atoms with van der Waals surface area (Å²) in [6.45, 7) is 4.11. The lowest BCUT2D eigenvalue weighted by Gasteiger charge is -2.08. The predicted molar refractivity (Wildman–Crippen MR) is 85.6 cm³/mol. The van der Waals surface area contributed by atoms with E-state index < -0.39 is 0 Å². The Bertz CT molecular complexity index is 567. The standard InChI is InChI=1S/C14H16N4O2S/c1-3-7-16-14(21)18-17-10-11-4-5-12(20-8-6-15)13(9-11)19-2/h3-5,9-10H,1,7-8H2,2H3,(H2,16,18,21)/b17-10-. The SMILES string of the molecule is C=CCNC(=S)N/N=C\c1ccc(OCC#N)c(OC)c1. The maximum atomic E-state index is 8.51. The Hall–Kier alpha value is -2.59. The van der Waals surface area contributed by atoms with Crippen molar-refractivity contribution >= 4 is 23.5 Å². The Labute approximate surface area is 129 Å². The van der Waals surface area contributed by atoms with Crippen LogP contribution >= 0.6 is 12.2 Å². The fraction of sp³-hybridized carbons (Fsp3) is 0.214. The van der Waals surface area contributed by atoms with E-state index in [2.05, 4.69) is 22.4 Å². The Morgan fingerprint density at radius 1 is 1.52 bits per heavy atom. The van der Waals surface area contributed by atoms with Gasteiger partial charge in [-0.3, -0.25) is 5.43 Å². The molecule has 0 aliphatic heterocycles. The average Bonchev–Trinajstić information content (AvgIpc) is 2.51. The summed E-state index contributed by atoms with van der Waals surface area (Å²) in [6, 6.07) is 7.16. The van der Waals surface area contributed by atoms with Gasteiger partial charge in [0.1, 0.15) is 6.07 Å². The summed E-state index contributed by atoms with van der Waals surface area (Å²) in [5, 5.41) is 15.8. The zero-order chi connectivity index (χ0) is 15.5. The highest BCUT2D eigenvalue weighted by Gasteiger charge is 2.04. The van der Waals surface area contributed by atoms with Gasteiger partial charge in [-0.05, 0) is 36.0 Å². The second-order valence-corrected chi connectivity index (χ2v) is 4.13. The van der Waals surface area contributed by atoms with Gasteiger partial charge in [-0.1, -0.05) is 6.08 Å². The van der Waals surface area contributed by atoms with E-state index in [9.17, 15) is 0 Å². The molecule has 0 atom stereocenters. The molecular formula is C14H16N4O2S. The molecule has 1 aromatic carbocycles. The first-order valence-electron chi connectivity index (χ1n) is 6.07. The van der Waals surface area contributed by atoms with Gasteiger partial charge in [-0.15, -0.1) is 6.58 Å². The third-order valence-electron chi connectivity index (χ3n) is 2.27. The van der Waals surface area contributed by atoms with Crippen molar-refractivity contribution in [1.82, 2.24) is 10.7 Å². The Morgan fingerprint density at radius 2 is 2.33 bits per heavy atom. The first-order chi connectivity index (χ1) is 10.2. The molecule has 0 amide bonds. The zero-order valence-corrected chi connectivity index (χ0v) is 12.4. The zero-order valence-electron chi connectivity index (χ0n) is 11.6. The number of hydrogen-bond acceptors (Lipinski definition) is 5. The van der Waals surface area contributed by atoms with Crippen molar-refractivity contribution in [1.29, 1.82) is 5.26 Å². The molecule has 110 valence electrons. The molecule has 0 unspecified atom stereocenters. The highest BCUT2D eigenvalue weighted by Crippen LogP contribution is 2.27. The lowest BCUT2D eigenvalue weighted by atomic mass is 10.2. The molecule has 0 spiro atoms. The van der Waals surface area contributed by atoms with Crippen LogP contribution in [-0.2, 0) is 0 Å². The topological polar surface area (TPSA) is 78.7 Å². The van der Waals surface area contributed by atoms with Crippen molar-refractivity contribution in [3.05, 3.63) is 36.4 Å². The van der Waals surface area contributed by atoms with E-state index >= 15 is 0 Å². The molecule has 6 nitrogen and oxygen atoms in total. The Kier molecular flexibility index (Phi) is 7.32. The van der Waals surface area contributed by atoms with Crippen LogP contribution in [0.5, 0.6) is 11.5 Å². The molecule has 1 rings (SSSR count). The third kappa shape index (κ3) is 5.93. The molecule has 0 heterocycles. The minimum atomic E-state index is -0.0331. The molecular weight excluding hydrogens is 288 g/mol. The average molecular weight is 304 g/mol. The maximum absolute atomic E-state index is 8.51. The van der Waals surface area contributed by atoms with Gasteiger partial charge in [0.15, 0.2) is 23.2 Å². The molecule has 0 bridgehead atoms.